The largest absolute Gasteiger partial charge is 0.345 e. The summed E-state index contributed by atoms with van der Waals surface area (Å²) in [5.74, 6) is 0. The normalized spacial score (nSPS) is 16.8. The Morgan fingerprint density at radius 1 is 1.24 bits per heavy atom. The Bertz CT molecular complexity index is 432. The van der Waals surface area contributed by atoms with E-state index in [2.05, 4.69) is 41.0 Å². The fourth-order valence-electron chi connectivity index (χ4n) is 2.25. The highest BCUT2D eigenvalue weighted by molar-refractivity contribution is 8.09. The molecule has 0 bridgehead atoms. The quantitative estimate of drug-likeness (QED) is 0.819. The SMILES string of the molecule is OP(O)(=S)CCCN1CCc2ccccc2C1. The molecule has 0 radical (unpaired) electrons. The summed E-state index contributed by atoms with van der Waals surface area (Å²) in [4.78, 5) is 20.7. The van der Waals surface area contributed by atoms with Gasteiger partial charge in [0.15, 0.2) is 6.49 Å². The zero-order chi connectivity index (χ0) is 12.3. The second-order valence-electron chi connectivity index (χ2n) is 4.54. The molecule has 1 aromatic rings. The van der Waals surface area contributed by atoms with Crippen LogP contribution in [0.1, 0.15) is 17.5 Å². The zero-order valence-electron chi connectivity index (χ0n) is 9.75. The first kappa shape index (κ1) is 13.2. The Labute approximate surface area is 107 Å². The molecule has 17 heavy (non-hydrogen) atoms. The molecule has 0 atom stereocenters. The summed E-state index contributed by atoms with van der Waals surface area (Å²) in [7, 11) is 0. The minimum atomic E-state index is -2.99. The van der Waals surface area contributed by atoms with Gasteiger partial charge in [0.25, 0.3) is 0 Å². The second-order valence-corrected chi connectivity index (χ2v) is 8.07. The van der Waals surface area contributed by atoms with E-state index in [1.54, 1.807) is 0 Å². The van der Waals surface area contributed by atoms with Gasteiger partial charge in [-0.15, -0.1) is 0 Å². The standard InChI is InChI=1S/C12H18NO2PS/c14-16(15,17)9-3-7-13-8-6-11-4-1-2-5-12(11)10-13/h1-2,4-5H,3,6-10H2,(H2,14,15,17). The summed E-state index contributed by atoms with van der Waals surface area (Å²) in [6.07, 6.45) is 2.22. The Morgan fingerprint density at radius 2 is 1.94 bits per heavy atom. The molecular formula is C12H18NO2PS. The van der Waals surface area contributed by atoms with Crippen molar-refractivity contribution in [1.82, 2.24) is 4.90 Å². The molecule has 0 amide bonds. The van der Waals surface area contributed by atoms with Crippen LogP contribution in [-0.2, 0) is 24.8 Å². The molecule has 2 rings (SSSR count). The van der Waals surface area contributed by atoms with E-state index in [4.69, 9.17) is 9.79 Å². The first-order valence-corrected chi connectivity index (χ1v) is 8.77. The highest BCUT2D eigenvalue weighted by Gasteiger charge is 2.16. The summed E-state index contributed by atoms with van der Waals surface area (Å²) >= 11 is 4.62. The van der Waals surface area contributed by atoms with Crippen LogP contribution >= 0.6 is 6.49 Å². The maximum Gasteiger partial charge on any atom is 0.183 e. The van der Waals surface area contributed by atoms with Crippen LogP contribution in [0.2, 0.25) is 0 Å². The van der Waals surface area contributed by atoms with Crippen LogP contribution in [0.4, 0.5) is 0 Å². The van der Waals surface area contributed by atoms with Crippen molar-refractivity contribution in [1.29, 1.82) is 0 Å². The number of rotatable bonds is 4. The van der Waals surface area contributed by atoms with Crippen molar-refractivity contribution >= 4 is 18.3 Å². The number of hydrogen-bond acceptors (Lipinski definition) is 2. The first-order chi connectivity index (χ1) is 8.04. The summed E-state index contributed by atoms with van der Waals surface area (Å²) < 4.78 is 0. The van der Waals surface area contributed by atoms with Crippen LogP contribution in [0.15, 0.2) is 24.3 Å². The zero-order valence-corrected chi connectivity index (χ0v) is 11.5. The van der Waals surface area contributed by atoms with Gasteiger partial charge >= 0.3 is 0 Å². The van der Waals surface area contributed by atoms with E-state index in [1.165, 1.54) is 11.1 Å². The molecule has 1 aliphatic heterocycles. The topological polar surface area (TPSA) is 43.7 Å². The van der Waals surface area contributed by atoms with E-state index >= 15 is 0 Å². The van der Waals surface area contributed by atoms with E-state index < -0.39 is 6.49 Å². The van der Waals surface area contributed by atoms with E-state index in [9.17, 15) is 0 Å². The molecule has 0 fully saturated rings. The number of benzene rings is 1. The Kier molecular flexibility index (Phi) is 4.34. The predicted molar refractivity (Wildman–Crippen MR) is 73.6 cm³/mol. The molecule has 0 saturated carbocycles. The minimum absolute atomic E-state index is 0.362. The summed E-state index contributed by atoms with van der Waals surface area (Å²) in [5.41, 5.74) is 2.84. The Morgan fingerprint density at radius 3 is 2.65 bits per heavy atom. The summed E-state index contributed by atoms with van der Waals surface area (Å²) in [6, 6.07) is 8.52. The molecule has 3 nitrogen and oxygen atoms in total. The minimum Gasteiger partial charge on any atom is -0.345 e. The van der Waals surface area contributed by atoms with Crippen LogP contribution in [0.5, 0.6) is 0 Å². The maximum absolute atomic E-state index is 9.17. The molecule has 0 aliphatic carbocycles. The number of hydrogen-bond donors (Lipinski definition) is 2. The average Bonchev–Trinajstić information content (AvgIpc) is 2.27. The lowest BCUT2D eigenvalue weighted by Gasteiger charge is -2.28. The molecule has 2 N–H and O–H groups in total. The lowest BCUT2D eigenvalue weighted by molar-refractivity contribution is 0.254. The smallest absolute Gasteiger partial charge is 0.183 e. The summed E-state index contributed by atoms with van der Waals surface area (Å²) in [5, 5.41) is 0. The lowest BCUT2D eigenvalue weighted by Crippen LogP contribution is -2.31. The second kappa shape index (κ2) is 5.59. The third kappa shape index (κ3) is 4.16. The van der Waals surface area contributed by atoms with Crippen molar-refractivity contribution in [2.75, 3.05) is 19.3 Å². The molecule has 0 aromatic heterocycles. The average molecular weight is 271 g/mol. The van der Waals surface area contributed by atoms with E-state index in [-0.39, 0.29) is 0 Å². The fraction of sp³-hybridized carbons (Fsp3) is 0.500. The van der Waals surface area contributed by atoms with Crippen molar-refractivity contribution in [3.8, 4) is 0 Å². The van der Waals surface area contributed by atoms with Crippen molar-refractivity contribution in [3.63, 3.8) is 0 Å². The van der Waals surface area contributed by atoms with Gasteiger partial charge in [0.1, 0.15) is 0 Å². The van der Waals surface area contributed by atoms with E-state index in [0.717, 1.165) is 32.5 Å². The van der Waals surface area contributed by atoms with Crippen LogP contribution < -0.4 is 0 Å². The molecular weight excluding hydrogens is 253 g/mol. The molecule has 5 heteroatoms. The van der Waals surface area contributed by atoms with Gasteiger partial charge in [0, 0.05) is 19.3 Å². The Balaban J connectivity index is 1.84. The van der Waals surface area contributed by atoms with Gasteiger partial charge in [0.05, 0.1) is 0 Å². The van der Waals surface area contributed by atoms with Crippen molar-refractivity contribution in [2.24, 2.45) is 0 Å². The molecule has 1 aliphatic rings. The van der Waals surface area contributed by atoms with Gasteiger partial charge in [-0.1, -0.05) is 24.3 Å². The molecule has 1 heterocycles. The van der Waals surface area contributed by atoms with Crippen molar-refractivity contribution in [3.05, 3.63) is 35.4 Å². The highest BCUT2D eigenvalue weighted by Crippen LogP contribution is 2.35. The van der Waals surface area contributed by atoms with Gasteiger partial charge in [0.2, 0.25) is 0 Å². The first-order valence-electron chi connectivity index (χ1n) is 5.88. The van der Waals surface area contributed by atoms with E-state index in [1.807, 2.05) is 0 Å². The van der Waals surface area contributed by atoms with Crippen LogP contribution in [0, 0.1) is 0 Å². The monoisotopic (exact) mass is 271 g/mol. The molecule has 1 aromatic carbocycles. The summed E-state index contributed by atoms with van der Waals surface area (Å²) in [6.45, 7) is -0.0756. The molecule has 0 saturated heterocycles. The third-order valence-electron chi connectivity index (χ3n) is 3.13. The van der Waals surface area contributed by atoms with Crippen LogP contribution in [0.25, 0.3) is 0 Å². The van der Waals surface area contributed by atoms with Crippen LogP contribution in [0.3, 0.4) is 0 Å². The van der Waals surface area contributed by atoms with Gasteiger partial charge in [-0.2, -0.15) is 0 Å². The van der Waals surface area contributed by atoms with Crippen molar-refractivity contribution in [2.45, 2.75) is 19.4 Å². The third-order valence-corrected chi connectivity index (χ3v) is 4.58. The van der Waals surface area contributed by atoms with E-state index in [0.29, 0.717) is 6.16 Å². The fourth-order valence-corrected chi connectivity index (χ4v) is 3.19. The molecule has 94 valence electrons. The molecule has 0 spiro atoms. The maximum atomic E-state index is 9.17. The lowest BCUT2D eigenvalue weighted by atomic mass is 10.00. The number of fused-ring (bicyclic) bond motifs is 1. The van der Waals surface area contributed by atoms with Gasteiger partial charge in [-0.05, 0) is 42.3 Å². The van der Waals surface area contributed by atoms with Gasteiger partial charge in [-0.3, -0.25) is 4.90 Å². The Hall–Kier alpha value is -0.250. The van der Waals surface area contributed by atoms with Gasteiger partial charge < -0.3 is 9.79 Å². The molecule has 0 unspecified atom stereocenters. The predicted octanol–water partition coefficient (Wildman–Crippen LogP) is 1.73. The van der Waals surface area contributed by atoms with Crippen molar-refractivity contribution < 1.29 is 9.79 Å². The highest BCUT2D eigenvalue weighted by atomic mass is 32.5. The number of nitrogens with zero attached hydrogens (tertiary/aromatic N) is 1. The van der Waals surface area contributed by atoms with Gasteiger partial charge in [-0.25, -0.2) is 0 Å². The van der Waals surface area contributed by atoms with Crippen LogP contribution in [-0.4, -0.2) is 33.9 Å².